The van der Waals surface area contributed by atoms with Crippen molar-refractivity contribution in [2.75, 3.05) is 19.8 Å². The lowest BCUT2D eigenvalue weighted by Crippen LogP contribution is -2.37. The number of carbonyl (C=O) groups excluding carboxylic acids is 1. The highest BCUT2D eigenvalue weighted by Gasteiger charge is 2.41. The fraction of sp³-hybridized carbons (Fsp3) is 0.474. The number of rotatable bonds is 9. The van der Waals surface area contributed by atoms with Crippen LogP contribution in [0.2, 0.25) is 0 Å². The highest BCUT2D eigenvalue weighted by Crippen LogP contribution is 2.39. The lowest BCUT2D eigenvalue weighted by atomic mass is 9.86. The molecule has 8 nitrogen and oxygen atoms in total. The van der Waals surface area contributed by atoms with Gasteiger partial charge in [0.1, 0.15) is 12.0 Å². The van der Waals surface area contributed by atoms with Crippen LogP contribution < -0.4 is 10.6 Å². The molecule has 8 heteroatoms. The third-order valence-electron chi connectivity index (χ3n) is 4.78. The van der Waals surface area contributed by atoms with E-state index in [1.165, 1.54) is 0 Å². The summed E-state index contributed by atoms with van der Waals surface area (Å²) in [6.45, 7) is 6.53. The summed E-state index contributed by atoms with van der Waals surface area (Å²) in [5.74, 6) is -0.661. The molecule has 0 fully saturated rings. The SMILES string of the molecule is C=C1C=CC2=C(C1OCC(O)CNC(C)CCO)C(c1ccn[nH]1)C(=O)N2. The van der Waals surface area contributed by atoms with Gasteiger partial charge in [-0.25, -0.2) is 0 Å². The van der Waals surface area contributed by atoms with Crippen molar-refractivity contribution >= 4 is 5.91 Å². The molecule has 2 aliphatic rings. The van der Waals surface area contributed by atoms with Crippen LogP contribution in [0.4, 0.5) is 0 Å². The number of aliphatic hydroxyl groups excluding tert-OH is 2. The minimum atomic E-state index is -0.718. The molecular formula is C19H26N4O4. The van der Waals surface area contributed by atoms with Crippen LogP contribution in [-0.2, 0) is 9.53 Å². The second-order valence-electron chi connectivity index (χ2n) is 6.90. The van der Waals surface area contributed by atoms with E-state index in [1.807, 2.05) is 19.1 Å². The van der Waals surface area contributed by atoms with E-state index in [9.17, 15) is 9.90 Å². The van der Waals surface area contributed by atoms with Crippen molar-refractivity contribution in [1.82, 2.24) is 20.8 Å². The minimum Gasteiger partial charge on any atom is -0.396 e. The number of allylic oxidation sites excluding steroid dienone is 1. The van der Waals surface area contributed by atoms with Crippen LogP contribution in [0.5, 0.6) is 0 Å². The molecule has 0 radical (unpaired) electrons. The third-order valence-corrected chi connectivity index (χ3v) is 4.78. The maximum absolute atomic E-state index is 12.5. The average Bonchev–Trinajstić information content (AvgIpc) is 3.26. The second-order valence-corrected chi connectivity index (χ2v) is 6.90. The molecule has 0 bridgehead atoms. The number of nitrogens with one attached hydrogen (secondary N) is 3. The van der Waals surface area contributed by atoms with Crippen LogP contribution in [0, 0.1) is 0 Å². The van der Waals surface area contributed by atoms with Crippen LogP contribution in [0.1, 0.15) is 25.0 Å². The van der Waals surface area contributed by atoms with Crippen molar-refractivity contribution < 1.29 is 19.7 Å². The van der Waals surface area contributed by atoms with Gasteiger partial charge in [0, 0.05) is 36.7 Å². The highest BCUT2D eigenvalue weighted by atomic mass is 16.5. The van der Waals surface area contributed by atoms with E-state index in [0.717, 1.165) is 11.1 Å². The molecule has 1 amide bonds. The Bertz CT molecular complexity index is 741. The van der Waals surface area contributed by atoms with Crippen LogP contribution >= 0.6 is 0 Å². The van der Waals surface area contributed by atoms with Crippen molar-refractivity contribution in [1.29, 1.82) is 0 Å². The first kappa shape index (κ1) is 19.5. The quantitative estimate of drug-likeness (QED) is 0.419. The Morgan fingerprint density at radius 2 is 2.26 bits per heavy atom. The molecule has 5 N–H and O–H groups in total. The molecule has 27 heavy (non-hydrogen) atoms. The largest absolute Gasteiger partial charge is 0.396 e. The van der Waals surface area contributed by atoms with Crippen molar-refractivity contribution in [3.8, 4) is 0 Å². The fourth-order valence-corrected chi connectivity index (χ4v) is 3.31. The van der Waals surface area contributed by atoms with Gasteiger partial charge in [-0.1, -0.05) is 12.7 Å². The van der Waals surface area contributed by atoms with Gasteiger partial charge in [0.25, 0.3) is 0 Å². The zero-order chi connectivity index (χ0) is 19.4. The molecule has 0 saturated carbocycles. The van der Waals surface area contributed by atoms with E-state index in [2.05, 4.69) is 27.4 Å². The zero-order valence-corrected chi connectivity index (χ0v) is 15.3. The number of H-pyrrole nitrogens is 1. The Morgan fingerprint density at radius 3 is 2.96 bits per heavy atom. The molecule has 0 aromatic carbocycles. The smallest absolute Gasteiger partial charge is 0.237 e. The number of aliphatic hydroxyl groups is 2. The molecule has 4 unspecified atom stereocenters. The molecule has 4 atom stereocenters. The van der Waals surface area contributed by atoms with Gasteiger partial charge in [0.2, 0.25) is 5.91 Å². The number of hydrogen-bond donors (Lipinski definition) is 5. The van der Waals surface area contributed by atoms with Crippen LogP contribution in [-0.4, -0.2) is 64.3 Å². The molecule has 2 heterocycles. The molecule has 146 valence electrons. The summed E-state index contributed by atoms with van der Waals surface area (Å²) < 4.78 is 5.97. The number of ether oxygens (including phenoxy) is 1. The Balaban J connectivity index is 1.66. The van der Waals surface area contributed by atoms with Gasteiger partial charge >= 0.3 is 0 Å². The van der Waals surface area contributed by atoms with E-state index in [1.54, 1.807) is 12.3 Å². The molecule has 1 aromatic heterocycles. The standard InChI is InChI=1S/C19H26N4O4/c1-11-3-4-14-16(17(19(26)22-14)15-5-7-21-23-15)18(11)27-10-13(25)9-20-12(2)6-8-24/h3-5,7,12-13,17-18,20,24-25H,1,6,8-10H2,2H3,(H,21,23)(H,22,26). The molecule has 0 saturated heterocycles. The summed E-state index contributed by atoms with van der Waals surface area (Å²) in [6.07, 6.45) is 4.64. The number of amides is 1. The van der Waals surface area contributed by atoms with Gasteiger partial charge in [-0.2, -0.15) is 5.10 Å². The first-order valence-corrected chi connectivity index (χ1v) is 9.06. The van der Waals surface area contributed by atoms with Gasteiger partial charge in [-0.15, -0.1) is 0 Å². The summed E-state index contributed by atoms with van der Waals surface area (Å²) >= 11 is 0. The summed E-state index contributed by atoms with van der Waals surface area (Å²) in [7, 11) is 0. The van der Waals surface area contributed by atoms with Gasteiger partial charge in [0.05, 0.1) is 18.4 Å². The van der Waals surface area contributed by atoms with Crippen molar-refractivity contribution in [3.63, 3.8) is 0 Å². The summed E-state index contributed by atoms with van der Waals surface area (Å²) in [6, 6.07) is 1.87. The predicted molar refractivity (Wildman–Crippen MR) is 99.7 cm³/mol. The Kier molecular flexibility index (Phi) is 6.22. The van der Waals surface area contributed by atoms with E-state index < -0.39 is 18.1 Å². The molecule has 1 aliphatic heterocycles. The molecule has 1 aliphatic carbocycles. The molecular weight excluding hydrogens is 348 g/mol. The highest BCUT2D eigenvalue weighted by molar-refractivity contribution is 5.93. The number of aromatic nitrogens is 2. The van der Waals surface area contributed by atoms with Crippen LogP contribution in [0.25, 0.3) is 0 Å². The van der Waals surface area contributed by atoms with Crippen molar-refractivity contribution in [2.45, 2.75) is 37.5 Å². The van der Waals surface area contributed by atoms with E-state index in [4.69, 9.17) is 9.84 Å². The molecule has 3 rings (SSSR count). The lowest BCUT2D eigenvalue weighted by molar-refractivity contribution is -0.120. The van der Waals surface area contributed by atoms with Crippen LogP contribution in [0.3, 0.4) is 0 Å². The third kappa shape index (κ3) is 4.36. The minimum absolute atomic E-state index is 0.0943. The fourth-order valence-electron chi connectivity index (χ4n) is 3.31. The average molecular weight is 374 g/mol. The maximum Gasteiger partial charge on any atom is 0.237 e. The maximum atomic E-state index is 12.5. The van der Waals surface area contributed by atoms with E-state index in [0.29, 0.717) is 24.4 Å². The van der Waals surface area contributed by atoms with Crippen LogP contribution in [0.15, 0.2) is 47.8 Å². The summed E-state index contributed by atoms with van der Waals surface area (Å²) in [5, 5.41) is 32.0. The van der Waals surface area contributed by atoms with E-state index in [-0.39, 0.29) is 25.2 Å². The summed E-state index contributed by atoms with van der Waals surface area (Å²) in [4.78, 5) is 12.5. The summed E-state index contributed by atoms with van der Waals surface area (Å²) in [5.41, 5.74) is 2.91. The Labute approximate surface area is 158 Å². The predicted octanol–water partition coefficient (Wildman–Crippen LogP) is 0.110. The van der Waals surface area contributed by atoms with Crippen molar-refractivity contribution in [2.24, 2.45) is 0 Å². The first-order valence-electron chi connectivity index (χ1n) is 9.06. The van der Waals surface area contributed by atoms with Gasteiger partial charge in [0.15, 0.2) is 0 Å². The second kappa shape index (κ2) is 8.62. The van der Waals surface area contributed by atoms with E-state index >= 15 is 0 Å². The Hall–Kier alpha value is -2.26. The topological polar surface area (TPSA) is 120 Å². The Morgan fingerprint density at radius 1 is 1.44 bits per heavy atom. The number of carbonyl (C=O) groups is 1. The monoisotopic (exact) mass is 374 g/mol. The number of hydrogen-bond acceptors (Lipinski definition) is 6. The zero-order valence-electron chi connectivity index (χ0n) is 15.3. The number of aromatic amines is 1. The molecule has 1 aromatic rings. The van der Waals surface area contributed by atoms with Gasteiger partial charge in [-0.05, 0) is 31.1 Å². The lowest BCUT2D eigenvalue weighted by Gasteiger charge is -2.27. The number of nitrogens with zero attached hydrogens (tertiary/aromatic N) is 1. The normalized spacial score (nSPS) is 24.1. The molecule has 0 spiro atoms. The first-order chi connectivity index (χ1) is 13.0. The van der Waals surface area contributed by atoms with Gasteiger partial charge in [-0.3, -0.25) is 9.89 Å². The van der Waals surface area contributed by atoms with Crippen molar-refractivity contribution in [3.05, 3.63) is 53.5 Å². The van der Waals surface area contributed by atoms with Gasteiger partial charge < -0.3 is 25.6 Å².